The Labute approximate surface area is 103 Å². The molecule has 1 heterocycles. The number of nitriles is 1. The highest BCUT2D eigenvalue weighted by Crippen LogP contribution is 2.17. The Morgan fingerprint density at radius 3 is 2.82 bits per heavy atom. The van der Waals surface area contributed by atoms with Crippen molar-refractivity contribution in [2.45, 2.75) is 33.2 Å². The van der Waals surface area contributed by atoms with Gasteiger partial charge in [-0.15, -0.1) is 0 Å². The van der Waals surface area contributed by atoms with Crippen molar-refractivity contribution in [2.24, 2.45) is 0 Å². The van der Waals surface area contributed by atoms with Gasteiger partial charge in [0.15, 0.2) is 0 Å². The van der Waals surface area contributed by atoms with Crippen molar-refractivity contribution < 1.29 is 0 Å². The first-order valence-electron chi connectivity index (χ1n) is 6.03. The zero-order valence-corrected chi connectivity index (χ0v) is 10.8. The Bertz CT molecular complexity index is 381. The summed E-state index contributed by atoms with van der Waals surface area (Å²) in [5.74, 6) is 1.81. The molecule has 0 saturated heterocycles. The van der Waals surface area contributed by atoms with Crippen LogP contribution in [-0.4, -0.2) is 24.1 Å². The van der Waals surface area contributed by atoms with Crippen LogP contribution in [0.3, 0.4) is 0 Å². The van der Waals surface area contributed by atoms with Gasteiger partial charge in [0.05, 0.1) is 12.5 Å². The van der Waals surface area contributed by atoms with Gasteiger partial charge in [0.25, 0.3) is 0 Å². The van der Waals surface area contributed by atoms with Crippen LogP contribution in [0.5, 0.6) is 0 Å². The topological polar surface area (TPSA) is 52.0 Å². The molecule has 0 aliphatic carbocycles. The molecule has 4 nitrogen and oxygen atoms in total. The number of hydrogen-bond donors (Lipinski definition) is 1. The molecule has 0 unspecified atom stereocenters. The molecule has 0 fully saturated rings. The largest absolute Gasteiger partial charge is 0.370 e. The van der Waals surface area contributed by atoms with E-state index in [2.05, 4.69) is 35.1 Å². The highest BCUT2D eigenvalue weighted by Gasteiger charge is 2.11. The molecule has 0 spiro atoms. The van der Waals surface area contributed by atoms with Crippen LogP contribution < -0.4 is 10.2 Å². The van der Waals surface area contributed by atoms with Crippen LogP contribution in [-0.2, 0) is 0 Å². The lowest BCUT2D eigenvalue weighted by Gasteiger charge is -2.27. The molecule has 1 N–H and O–H groups in total. The summed E-state index contributed by atoms with van der Waals surface area (Å²) in [6.45, 7) is 7.84. The quantitative estimate of drug-likeness (QED) is 0.819. The average Bonchev–Trinajstić information content (AvgIpc) is 2.30. The van der Waals surface area contributed by atoms with Gasteiger partial charge in [-0.05, 0) is 32.9 Å². The number of anilines is 2. The number of pyridine rings is 1. The van der Waals surface area contributed by atoms with Crippen LogP contribution in [0.2, 0.25) is 0 Å². The highest BCUT2D eigenvalue weighted by molar-refractivity contribution is 5.47. The van der Waals surface area contributed by atoms with Gasteiger partial charge in [-0.25, -0.2) is 4.98 Å². The van der Waals surface area contributed by atoms with E-state index in [0.717, 1.165) is 24.7 Å². The minimum Gasteiger partial charge on any atom is -0.370 e. The third kappa shape index (κ3) is 3.95. The van der Waals surface area contributed by atoms with E-state index in [0.29, 0.717) is 12.5 Å². The molecule has 17 heavy (non-hydrogen) atoms. The lowest BCUT2D eigenvalue weighted by molar-refractivity contribution is 0.677. The van der Waals surface area contributed by atoms with E-state index in [1.807, 2.05) is 25.1 Å². The summed E-state index contributed by atoms with van der Waals surface area (Å²) >= 11 is 0. The minimum atomic E-state index is 0.340. The molecular weight excluding hydrogens is 212 g/mol. The summed E-state index contributed by atoms with van der Waals surface area (Å²) in [5.41, 5.74) is 0. The summed E-state index contributed by atoms with van der Waals surface area (Å²) in [4.78, 5) is 6.69. The monoisotopic (exact) mass is 232 g/mol. The fraction of sp³-hybridized carbons (Fsp3) is 0.538. The standard InChI is InChI=1S/C13H20N4/c1-4-15-12-7-5-8-13(16-12)17(11(2)3)10-6-9-14/h5,7-8,11H,4,6,10H2,1-3H3,(H,15,16). The molecule has 0 saturated carbocycles. The van der Waals surface area contributed by atoms with E-state index >= 15 is 0 Å². The zero-order valence-electron chi connectivity index (χ0n) is 10.8. The van der Waals surface area contributed by atoms with Gasteiger partial charge in [0.1, 0.15) is 11.6 Å². The molecule has 1 aromatic heterocycles. The Hall–Kier alpha value is -1.76. The first-order chi connectivity index (χ1) is 8.19. The van der Waals surface area contributed by atoms with Crippen molar-refractivity contribution in [3.05, 3.63) is 18.2 Å². The van der Waals surface area contributed by atoms with E-state index < -0.39 is 0 Å². The molecule has 0 aliphatic heterocycles. The molecule has 0 atom stereocenters. The van der Waals surface area contributed by atoms with Crippen molar-refractivity contribution in [1.29, 1.82) is 5.26 Å². The van der Waals surface area contributed by atoms with Gasteiger partial charge in [-0.3, -0.25) is 0 Å². The maximum absolute atomic E-state index is 8.67. The van der Waals surface area contributed by atoms with E-state index in [1.54, 1.807) is 0 Å². The van der Waals surface area contributed by atoms with Crippen molar-refractivity contribution in [2.75, 3.05) is 23.3 Å². The van der Waals surface area contributed by atoms with E-state index in [4.69, 9.17) is 5.26 Å². The SMILES string of the molecule is CCNc1cccc(N(CCC#N)C(C)C)n1. The van der Waals surface area contributed by atoms with Gasteiger partial charge in [-0.2, -0.15) is 5.26 Å². The van der Waals surface area contributed by atoms with Gasteiger partial charge in [0.2, 0.25) is 0 Å². The highest BCUT2D eigenvalue weighted by atomic mass is 15.2. The number of hydrogen-bond acceptors (Lipinski definition) is 4. The second kappa shape index (κ2) is 6.74. The molecule has 0 radical (unpaired) electrons. The fourth-order valence-electron chi connectivity index (χ4n) is 1.67. The molecule has 0 aliphatic rings. The number of nitrogens with one attached hydrogen (secondary N) is 1. The predicted molar refractivity (Wildman–Crippen MR) is 71.1 cm³/mol. The van der Waals surface area contributed by atoms with Crippen LogP contribution in [0.1, 0.15) is 27.2 Å². The smallest absolute Gasteiger partial charge is 0.131 e. The number of rotatable bonds is 6. The van der Waals surface area contributed by atoms with E-state index in [-0.39, 0.29) is 0 Å². The second-order valence-corrected chi connectivity index (χ2v) is 4.11. The molecule has 0 aromatic carbocycles. The number of nitrogens with zero attached hydrogens (tertiary/aromatic N) is 3. The van der Waals surface area contributed by atoms with Crippen LogP contribution in [0.15, 0.2) is 18.2 Å². The van der Waals surface area contributed by atoms with Crippen molar-refractivity contribution in [1.82, 2.24) is 4.98 Å². The normalized spacial score (nSPS) is 10.1. The Morgan fingerprint density at radius 2 is 2.24 bits per heavy atom. The second-order valence-electron chi connectivity index (χ2n) is 4.11. The molecule has 92 valence electrons. The minimum absolute atomic E-state index is 0.340. The van der Waals surface area contributed by atoms with Crippen molar-refractivity contribution in [3.63, 3.8) is 0 Å². The third-order valence-corrected chi connectivity index (χ3v) is 2.47. The Balaban J connectivity index is 2.86. The van der Waals surface area contributed by atoms with Crippen molar-refractivity contribution >= 4 is 11.6 Å². The maximum atomic E-state index is 8.67. The molecule has 1 aromatic rings. The van der Waals surface area contributed by atoms with Crippen LogP contribution in [0, 0.1) is 11.3 Å². The molecule has 1 rings (SSSR count). The molecule has 0 amide bonds. The Kier molecular flexibility index (Phi) is 5.28. The fourth-order valence-corrected chi connectivity index (χ4v) is 1.67. The van der Waals surface area contributed by atoms with Gasteiger partial charge < -0.3 is 10.2 Å². The molecular formula is C13H20N4. The summed E-state index contributed by atoms with van der Waals surface area (Å²) in [7, 11) is 0. The third-order valence-electron chi connectivity index (χ3n) is 2.47. The van der Waals surface area contributed by atoms with Gasteiger partial charge in [-0.1, -0.05) is 6.07 Å². The summed E-state index contributed by atoms with van der Waals surface area (Å²) in [5, 5.41) is 11.9. The van der Waals surface area contributed by atoms with Gasteiger partial charge >= 0.3 is 0 Å². The Morgan fingerprint density at radius 1 is 1.47 bits per heavy atom. The predicted octanol–water partition coefficient (Wildman–Crippen LogP) is 2.64. The lowest BCUT2D eigenvalue weighted by Crippen LogP contribution is -2.32. The maximum Gasteiger partial charge on any atom is 0.131 e. The average molecular weight is 232 g/mol. The van der Waals surface area contributed by atoms with Crippen LogP contribution >= 0.6 is 0 Å². The molecule has 0 bridgehead atoms. The van der Waals surface area contributed by atoms with Gasteiger partial charge in [0, 0.05) is 19.1 Å². The first-order valence-corrected chi connectivity index (χ1v) is 6.03. The molecule has 4 heteroatoms. The summed E-state index contributed by atoms with van der Waals surface area (Å²) in [6.07, 6.45) is 0.519. The lowest BCUT2D eigenvalue weighted by atomic mass is 10.2. The first kappa shape index (κ1) is 13.3. The van der Waals surface area contributed by atoms with E-state index in [9.17, 15) is 0 Å². The van der Waals surface area contributed by atoms with E-state index in [1.165, 1.54) is 0 Å². The summed E-state index contributed by atoms with van der Waals surface area (Å²) < 4.78 is 0. The van der Waals surface area contributed by atoms with Crippen LogP contribution in [0.4, 0.5) is 11.6 Å². The summed E-state index contributed by atoms with van der Waals surface area (Å²) in [6, 6.07) is 8.44. The van der Waals surface area contributed by atoms with Crippen molar-refractivity contribution in [3.8, 4) is 6.07 Å². The van der Waals surface area contributed by atoms with Crippen LogP contribution in [0.25, 0.3) is 0 Å². The zero-order chi connectivity index (χ0) is 12.7. The number of aromatic nitrogens is 1.